The van der Waals surface area contributed by atoms with Gasteiger partial charge in [-0.15, -0.1) is 0 Å². The Morgan fingerprint density at radius 3 is 2.69 bits per heavy atom. The number of fused-ring (bicyclic) bond motifs is 3. The predicted molar refractivity (Wildman–Crippen MR) is 126 cm³/mol. The van der Waals surface area contributed by atoms with Crippen LogP contribution in [0, 0.1) is 0 Å². The van der Waals surface area contributed by atoms with Crippen molar-refractivity contribution in [3.63, 3.8) is 0 Å². The second-order valence-corrected chi connectivity index (χ2v) is 8.41. The summed E-state index contributed by atoms with van der Waals surface area (Å²) in [5.41, 5.74) is 7.08. The minimum Gasteiger partial charge on any atom is -0.508 e. The fourth-order valence-electron chi connectivity index (χ4n) is 4.93. The lowest BCUT2D eigenvalue weighted by molar-refractivity contribution is 0.201. The molecule has 0 saturated carbocycles. The summed E-state index contributed by atoms with van der Waals surface area (Å²) < 4.78 is 1.93. The fraction of sp³-hybridized carbons (Fsp3) is 0.148. The van der Waals surface area contributed by atoms with Gasteiger partial charge in [0, 0.05) is 41.4 Å². The van der Waals surface area contributed by atoms with E-state index in [1.165, 1.54) is 27.7 Å². The third-order valence-corrected chi connectivity index (χ3v) is 6.36. The topological polar surface area (TPSA) is 57.1 Å². The van der Waals surface area contributed by atoms with E-state index in [1.54, 1.807) is 6.07 Å². The first kappa shape index (κ1) is 18.9. The van der Waals surface area contributed by atoms with Crippen LogP contribution >= 0.6 is 0 Å². The SMILES string of the molecule is Oc1cccc(C2c3[nH]c4ccccc4c3CCN2Cc2cnn(-c3ccccc3)c2)c1. The molecule has 0 spiro atoms. The van der Waals surface area contributed by atoms with Crippen LogP contribution in [-0.4, -0.2) is 31.3 Å². The summed E-state index contributed by atoms with van der Waals surface area (Å²) in [5.74, 6) is 0.294. The molecule has 2 aromatic heterocycles. The number of aromatic hydroxyl groups is 1. The first-order valence-corrected chi connectivity index (χ1v) is 11.0. The number of nitrogens with one attached hydrogen (secondary N) is 1. The zero-order valence-electron chi connectivity index (χ0n) is 17.6. The summed E-state index contributed by atoms with van der Waals surface area (Å²) in [4.78, 5) is 6.16. The highest BCUT2D eigenvalue weighted by Gasteiger charge is 2.32. The monoisotopic (exact) mass is 420 g/mol. The van der Waals surface area contributed by atoms with E-state index in [0.29, 0.717) is 5.75 Å². The number of phenolic OH excluding ortho intramolecular Hbond substituents is 1. The van der Waals surface area contributed by atoms with Gasteiger partial charge in [-0.25, -0.2) is 4.68 Å². The Morgan fingerprint density at radius 2 is 1.81 bits per heavy atom. The molecule has 0 bridgehead atoms. The number of nitrogens with zero attached hydrogens (tertiary/aromatic N) is 3. The van der Waals surface area contributed by atoms with Crippen molar-refractivity contribution in [3.8, 4) is 11.4 Å². The molecule has 158 valence electrons. The van der Waals surface area contributed by atoms with Gasteiger partial charge in [0.2, 0.25) is 0 Å². The zero-order chi connectivity index (χ0) is 21.5. The third kappa shape index (κ3) is 3.27. The first-order chi connectivity index (χ1) is 15.8. The molecular formula is C27H24N4O. The van der Waals surface area contributed by atoms with E-state index in [9.17, 15) is 5.11 Å². The van der Waals surface area contributed by atoms with Crippen LogP contribution in [-0.2, 0) is 13.0 Å². The molecule has 0 amide bonds. The molecular weight excluding hydrogens is 396 g/mol. The van der Waals surface area contributed by atoms with Gasteiger partial charge in [0.05, 0.1) is 17.9 Å². The Hall–Kier alpha value is -3.83. The van der Waals surface area contributed by atoms with Crippen LogP contribution in [0.3, 0.4) is 0 Å². The summed E-state index contributed by atoms with van der Waals surface area (Å²) in [6.45, 7) is 1.72. The van der Waals surface area contributed by atoms with Gasteiger partial charge in [0.1, 0.15) is 5.75 Å². The summed E-state index contributed by atoms with van der Waals surface area (Å²) in [7, 11) is 0. The Labute approximate surface area is 186 Å². The molecule has 5 aromatic rings. The average molecular weight is 421 g/mol. The normalized spacial score (nSPS) is 16.3. The smallest absolute Gasteiger partial charge is 0.115 e. The molecule has 0 fully saturated rings. The fourth-order valence-corrected chi connectivity index (χ4v) is 4.93. The number of hydrogen-bond acceptors (Lipinski definition) is 3. The Balaban J connectivity index is 1.39. The van der Waals surface area contributed by atoms with Gasteiger partial charge in [-0.2, -0.15) is 5.10 Å². The minimum atomic E-state index is 0.0401. The van der Waals surface area contributed by atoms with E-state index in [2.05, 4.69) is 63.6 Å². The van der Waals surface area contributed by atoms with Crippen molar-refractivity contribution in [2.24, 2.45) is 0 Å². The number of rotatable bonds is 4. The number of aromatic nitrogens is 3. The second kappa shape index (κ2) is 7.70. The van der Waals surface area contributed by atoms with Crippen molar-refractivity contribution in [1.29, 1.82) is 0 Å². The lowest BCUT2D eigenvalue weighted by atomic mass is 9.92. The van der Waals surface area contributed by atoms with E-state index < -0.39 is 0 Å². The van der Waals surface area contributed by atoms with Crippen LogP contribution in [0.1, 0.15) is 28.4 Å². The van der Waals surface area contributed by atoms with E-state index in [-0.39, 0.29) is 6.04 Å². The average Bonchev–Trinajstić information content (AvgIpc) is 3.44. The largest absolute Gasteiger partial charge is 0.508 e. The van der Waals surface area contributed by atoms with Crippen LogP contribution in [0.15, 0.2) is 91.3 Å². The lowest BCUT2D eigenvalue weighted by Gasteiger charge is -2.36. The van der Waals surface area contributed by atoms with E-state index in [1.807, 2.05) is 41.2 Å². The van der Waals surface area contributed by atoms with E-state index >= 15 is 0 Å². The highest BCUT2D eigenvalue weighted by Crippen LogP contribution is 2.39. The van der Waals surface area contributed by atoms with Crippen LogP contribution in [0.4, 0.5) is 0 Å². The first-order valence-electron chi connectivity index (χ1n) is 11.0. The standard InChI is InChI=1S/C27H24N4O/c32-22-10-6-7-20(15-22)27-26-24(23-11-4-5-12-25(23)29-26)13-14-30(27)17-19-16-28-31(18-19)21-8-2-1-3-9-21/h1-12,15-16,18,27,29,32H,13-14,17H2. The number of phenols is 1. The van der Waals surface area contributed by atoms with E-state index in [4.69, 9.17) is 0 Å². The molecule has 1 unspecified atom stereocenters. The summed E-state index contributed by atoms with van der Waals surface area (Å²) >= 11 is 0. The molecule has 0 radical (unpaired) electrons. The maximum Gasteiger partial charge on any atom is 0.115 e. The number of para-hydroxylation sites is 2. The third-order valence-electron chi connectivity index (χ3n) is 6.36. The number of H-pyrrole nitrogens is 1. The zero-order valence-corrected chi connectivity index (χ0v) is 17.6. The highest BCUT2D eigenvalue weighted by atomic mass is 16.3. The summed E-state index contributed by atoms with van der Waals surface area (Å²) in [6, 6.07) is 26.4. The molecule has 5 heteroatoms. The Kier molecular flexibility index (Phi) is 4.55. The molecule has 6 rings (SSSR count). The van der Waals surface area contributed by atoms with Crippen molar-refractivity contribution in [1.82, 2.24) is 19.7 Å². The maximum absolute atomic E-state index is 10.2. The Morgan fingerprint density at radius 1 is 0.969 bits per heavy atom. The van der Waals surface area contributed by atoms with Gasteiger partial charge in [-0.1, -0.05) is 48.5 Å². The summed E-state index contributed by atoms with van der Waals surface area (Å²) in [6.07, 6.45) is 5.05. The minimum absolute atomic E-state index is 0.0401. The molecule has 1 atom stereocenters. The molecule has 1 aliphatic rings. The molecule has 0 aliphatic carbocycles. The van der Waals surface area contributed by atoms with Gasteiger partial charge >= 0.3 is 0 Å². The van der Waals surface area contributed by atoms with Crippen molar-refractivity contribution < 1.29 is 5.11 Å². The molecule has 5 nitrogen and oxygen atoms in total. The molecule has 1 aliphatic heterocycles. The molecule has 0 saturated heterocycles. The van der Waals surface area contributed by atoms with Crippen molar-refractivity contribution in [2.75, 3.05) is 6.54 Å². The second-order valence-electron chi connectivity index (χ2n) is 8.41. The van der Waals surface area contributed by atoms with Gasteiger partial charge in [-0.05, 0) is 47.9 Å². The predicted octanol–water partition coefficient (Wildman–Crippen LogP) is 5.21. The number of hydrogen-bond donors (Lipinski definition) is 2. The van der Waals surface area contributed by atoms with Crippen LogP contribution in [0.5, 0.6) is 5.75 Å². The molecule has 3 heterocycles. The van der Waals surface area contributed by atoms with E-state index in [0.717, 1.165) is 30.8 Å². The van der Waals surface area contributed by atoms with Crippen molar-refractivity contribution in [3.05, 3.63) is 114 Å². The lowest BCUT2D eigenvalue weighted by Crippen LogP contribution is -2.35. The van der Waals surface area contributed by atoms with Crippen molar-refractivity contribution >= 4 is 10.9 Å². The van der Waals surface area contributed by atoms with Crippen LogP contribution < -0.4 is 0 Å². The van der Waals surface area contributed by atoms with Crippen LogP contribution in [0.25, 0.3) is 16.6 Å². The number of aromatic amines is 1. The Bertz CT molecular complexity index is 1390. The molecule has 2 N–H and O–H groups in total. The van der Waals surface area contributed by atoms with Crippen LogP contribution in [0.2, 0.25) is 0 Å². The quantitative estimate of drug-likeness (QED) is 0.420. The van der Waals surface area contributed by atoms with Gasteiger partial charge < -0.3 is 10.1 Å². The maximum atomic E-state index is 10.2. The van der Waals surface area contributed by atoms with Crippen molar-refractivity contribution in [2.45, 2.75) is 19.0 Å². The van der Waals surface area contributed by atoms with Gasteiger partial charge in [0.15, 0.2) is 0 Å². The molecule has 32 heavy (non-hydrogen) atoms. The highest BCUT2D eigenvalue weighted by molar-refractivity contribution is 5.85. The van der Waals surface area contributed by atoms with Gasteiger partial charge in [-0.3, -0.25) is 4.90 Å². The molecule has 3 aromatic carbocycles. The number of benzene rings is 3. The van der Waals surface area contributed by atoms with Gasteiger partial charge in [0.25, 0.3) is 0 Å². The summed E-state index contributed by atoms with van der Waals surface area (Å²) in [5, 5.41) is 16.1.